The van der Waals surface area contributed by atoms with Gasteiger partial charge in [0.2, 0.25) is 0 Å². The molecule has 0 bridgehead atoms. The van der Waals surface area contributed by atoms with Crippen LogP contribution in [0.1, 0.15) is 0 Å². The van der Waals surface area contributed by atoms with E-state index in [0.29, 0.717) is 0 Å². The third-order valence-corrected chi connectivity index (χ3v) is 4.73. The third-order valence-electron chi connectivity index (χ3n) is 4.73. The van der Waals surface area contributed by atoms with Gasteiger partial charge in [0.25, 0.3) is 0 Å². The molecule has 0 fully saturated rings. The predicted molar refractivity (Wildman–Crippen MR) is 102 cm³/mol. The van der Waals surface area contributed by atoms with Crippen molar-refractivity contribution in [3.8, 4) is 11.1 Å². The van der Waals surface area contributed by atoms with Crippen LogP contribution in [-0.4, -0.2) is 4.98 Å². The topological polar surface area (TPSA) is 12.9 Å². The fourth-order valence-electron chi connectivity index (χ4n) is 3.61. The lowest BCUT2D eigenvalue weighted by molar-refractivity contribution is 1.36. The van der Waals surface area contributed by atoms with Crippen molar-refractivity contribution in [2.45, 2.75) is 0 Å². The van der Waals surface area contributed by atoms with Crippen LogP contribution in [0, 0.1) is 0 Å². The van der Waals surface area contributed by atoms with Gasteiger partial charge in [0.05, 0.1) is 0 Å². The lowest BCUT2D eigenvalue weighted by Gasteiger charge is -2.12. The SMILES string of the molecule is c1ccc2c(-c3cc4ccccc4c4ccccc34)cncc2c1. The number of aromatic nitrogens is 1. The Kier molecular flexibility index (Phi) is 2.86. The fraction of sp³-hybridized carbons (Fsp3) is 0. The lowest BCUT2D eigenvalue weighted by atomic mass is 9.92. The minimum absolute atomic E-state index is 1.17. The monoisotopic (exact) mass is 305 g/mol. The Morgan fingerprint density at radius 1 is 0.458 bits per heavy atom. The normalized spacial score (nSPS) is 11.3. The van der Waals surface area contributed by atoms with Crippen LogP contribution in [0.3, 0.4) is 0 Å². The van der Waals surface area contributed by atoms with Crippen molar-refractivity contribution >= 4 is 32.3 Å². The van der Waals surface area contributed by atoms with Crippen LogP contribution >= 0.6 is 0 Å². The molecule has 5 aromatic rings. The number of fused-ring (bicyclic) bond motifs is 4. The average Bonchev–Trinajstić information content (AvgIpc) is 2.67. The molecule has 1 heterocycles. The van der Waals surface area contributed by atoms with Crippen molar-refractivity contribution in [2.75, 3.05) is 0 Å². The second-order valence-electron chi connectivity index (χ2n) is 6.10. The smallest absolute Gasteiger partial charge is 0.0353 e. The summed E-state index contributed by atoms with van der Waals surface area (Å²) in [4.78, 5) is 4.48. The Morgan fingerprint density at radius 2 is 1.08 bits per heavy atom. The number of hydrogen-bond donors (Lipinski definition) is 0. The summed E-state index contributed by atoms with van der Waals surface area (Å²) in [5, 5.41) is 7.54. The van der Waals surface area contributed by atoms with Gasteiger partial charge in [-0.3, -0.25) is 4.98 Å². The number of rotatable bonds is 1. The van der Waals surface area contributed by atoms with Gasteiger partial charge in [-0.1, -0.05) is 72.8 Å². The molecule has 5 rings (SSSR count). The van der Waals surface area contributed by atoms with Crippen LogP contribution in [0.25, 0.3) is 43.4 Å². The van der Waals surface area contributed by atoms with Crippen LogP contribution in [0.2, 0.25) is 0 Å². The summed E-state index contributed by atoms with van der Waals surface area (Å²) in [5.41, 5.74) is 2.43. The molecule has 0 aliphatic rings. The minimum atomic E-state index is 1.17. The van der Waals surface area contributed by atoms with Crippen molar-refractivity contribution in [1.29, 1.82) is 0 Å². The quantitative estimate of drug-likeness (QED) is 0.336. The molecule has 0 N–H and O–H groups in total. The van der Waals surface area contributed by atoms with E-state index in [2.05, 4.69) is 83.8 Å². The highest BCUT2D eigenvalue weighted by molar-refractivity contribution is 6.15. The van der Waals surface area contributed by atoms with E-state index in [9.17, 15) is 0 Å². The zero-order valence-electron chi connectivity index (χ0n) is 13.1. The van der Waals surface area contributed by atoms with Crippen LogP contribution in [0.15, 0.2) is 91.3 Å². The first-order valence-corrected chi connectivity index (χ1v) is 8.15. The van der Waals surface area contributed by atoms with Crippen LogP contribution in [0.4, 0.5) is 0 Å². The van der Waals surface area contributed by atoms with Gasteiger partial charge >= 0.3 is 0 Å². The maximum Gasteiger partial charge on any atom is 0.0353 e. The Morgan fingerprint density at radius 3 is 1.92 bits per heavy atom. The summed E-state index contributed by atoms with van der Waals surface area (Å²) in [6, 6.07) is 28.0. The van der Waals surface area contributed by atoms with Crippen LogP contribution < -0.4 is 0 Å². The molecule has 24 heavy (non-hydrogen) atoms. The number of nitrogens with zero attached hydrogens (tertiary/aromatic N) is 1. The van der Waals surface area contributed by atoms with Gasteiger partial charge in [-0.05, 0) is 38.6 Å². The summed E-state index contributed by atoms with van der Waals surface area (Å²) >= 11 is 0. The van der Waals surface area contributed by atoms with E-state index >= 15 is 0 Å². The highest BCUT2D eigenvalue weighted by Crippen LogP contribution is 2.37. The zero-order chi connectivity index (χ0) is 15.9. The summed E-state index contributed by atoms with van der Waals surface area (Å²) in [6.45, 7) is 0. The van der Waals surface area contributed by atoms with E-state index in [-0.39, 0.29) is 0 Å². The zero-order valence-corrected chi connectivity index (χ0v) is 13.1. The van der Waals surface area contributed by atoms with Gasteiger partial charge < -0.3 is 0 Å². The number of benzene rings is 4. The first-order chi connectivity index (χ1) is 11.9. The van der Waals surface area contributed by atoms with Gasteiger partial charge in [0.15, 0.2) is 0 Å². The Balaban J connectivity index is 1.98. The molecule has 0 aliphatic heterocycles. The maximum atomic E-state index is 4.48. The molecule has 0 radical (unpaired) electrons. The second kappa shape index (κ2) is 5.17. The molecule has 0 aliphatic carbocycles. The number of pyridine rings is 1. The summed E-state index contributed by atoms with van der Waals surface area (Å²) < 4.78 is 0. The predicted octanol–water partition coefficient (Wildman–Crippen LogP) is 6.21. The summed E-state index contributed by atoms with van der Waals surface area (Å²) in [5.74, 6) is 0. The van der Waals surface area contributed by atoms with E-state index in [4.69, 9.17) is 0 Å². The first-order valence-electron chi connectivity index (χ1n) is 8.15. The molecule has 0 amide bonds. The van der Waals surface area contributed by atoms with Crippen molar-refractivity contribution < 1.29 is 0 Å². The van der Waals surface area contributed by atoms with Crippen LogP contribution in [-0.2, 0) is 0 Å². The van der Waals surface area contributed by atoms with Gasteiger partial charge in [-0.2, -0.15) is 0 Å². The largest absolute Gasteiger partial charge is 0.263 e. The molecular weight excluding hydrogens is 290 g/mol. The van der Waals surface area contributed by atoms with E-state index in [0.717, 1.165) is 0 Å². The van der Waals surface area contributed by atoms with Gasteiger partial charge in [-0.15, -0.1) is 0 Å². The fourth-order valence-corrected chi connectivity index (χ4v) is 3.61. The van der Waals surface area contributed by atoms with E-state index in [1.165, 1.54) is 43.4 Å². The minimum Gasteiger partial charge on any atom is -0.263 e. The highest BCUT2D eigenvalue weighted by Gasteiger charge is 2.10. The molecule has 0 atom stereocenters. The third kappa shape index (κ3) is 1.92. The molecule has 1 aromatic heterocycles. The first kappa shape index (κ1) is 13.3. The van der Waals surface area contributed by atoms with E-state index in [1.54, 1.807) is 0 Å². The second-order valence-corrected chi connectivity index (χ2v) is 6.10. The van der Waals surface area contributed by atoms with E-state index < -0.39 is 0 Å². The molecular formula is C23H15N. The van der Waals surface area contributed by atoms with Crippen molar-refractivity contribution in [3.63, 3.8) is 0 Å². The molecule has 112 valence electrons. The molecule has 1 nitrogen and oxygen atoms in total. The molecule has 0 saturated carbocycles. The number of hydrogen-bond acceptors (Lipinski definition) is 1. The summed E-state index contributed by atoms with van der Waals surface area (Å²) in [7, 11) is 0. The van der Waals surface area contributed by atoms with Gasteiger partial charge in [0.1, 0.15) is 0 Å². The molecule has 4 aromatic carbocycles. The van der Waals surface area contributed by atoms with Crippen LogP contribution in [0.5, 0.6) is 0 Å². The van der Waals surface area contributed by atoms with E-state index in [1.807, 2.05) is 12.4 Å². The standard InChI is InChI=1S/C23H15N/c1-3-9-18-16(7-1)13-22(21-12-6-5-11-20(18)21)23-15-24-14-17-8-2-4-10-19(17)23/h1-15H. The molecule has 0 unspecified atom stereocenters. The van der Waals surface area contributed by atoms with Gasteiger partial charge in [0, 0.05) is 23.3 Å². The van der Waals surface area contributed by atoms with Crippen molar-refractivity contribution in [3.05, 3.63) is 91.3 Å². The Hall–Kier alpha value is -3.19. The van der Waals surface area contributed by atoms with Crippen molar-refractivity contribution in [1.82, 2.24) is 4.98 Å². The average molecular weight is 305 g/mol. The maximum absolute atomic E-state index is 4.48. The molecule has 0 saturated heterocycles. The van der Waals surface area contributed by atoms with Crippen molar-refractivity contribution in [2.24, 2.45) is 0 Å². The Labute approximate surface area is 140 Å². The molecule has 0 spiro atoms. The highest BCUT2D eigenvalue weighted by atomic mass is 14.6. The lowest BCUT2D eigenvalue weighted by Crippen LogP contribution is -1.87. The molecule has 1 heteroatoms. The summed E-state index contributed by atoms with van der Waals surface area (Å²) in [6.07, 6.45) is 3.92. The Bertz CT molecular complexity index is 1200. The van der Waals surface area contributed by atoms with Gasteiger partial charge in [-0.25, -0.2) is 0 Å².